The zero-order chi connectivity index (χ0) is 36.1. The molecular weight excluding hydrogens is 656 g/mol. The summed E-state index contributed by atoms with van der Waals surface area (Å²) in [5.41, 5.74) is 0.422. The second-order valence-corrected chi connectivity index (χ2v) is 10.1. The van der Waals surface area contributed by atoms with Gasteiger partial charge in [0, 0.05) is 18.6 Å². The van der Waals surface area contributed by atoms with Crippen molar-refractivity contribution >= 4 is 36.2 Å². The van der Waals surface area contributed by atoms with Gasteiger partial charge in [-0.2, -0.15) is 0 Å². The molecule has 1 atom stereocenters. The van der Waals surface area contributed by atoms with Gasteiger partial charge in [-0.05, 0) is 92.4 Å². The molecule has 0 bridgehead atoms. The number of allylic oxidation sites excluding steroid dienone is 1. The van der Waals surface area contributed by atoms with Gasteiger partial charge >= 0.3 is 36.2 Å². The zero-order valence-corrected chi connectivity index (χ0v) is 27.1. The van der Waals surface area contributed by atoms with Crippen LogP contribution in [0.3, 0.4) is 0 Å². The summed E-state index contributed by atoms with van der Waals surface area (Å²) in [6, 6.07) is 11.4. The van der Waals surface area contributed by atoms with E-state index in [0.29, 0.717) is 25.7 Å². The summed E-state index contributed by atoms with van der Waals surface area (Å²) in [4.78, 5) is 70.8. The highest BCUT2D eigenvalue weighted by atomic mass is 16.7. The van der Waals surface area contributed by atoms with Gasteiger partial charge < -0.3 is 37.9 Å². The van der Waals surface area contributed by atoms with Crippen molar-refractivity contribution in [2.75, 3.05) is 26.4 Å². The molecule has 1 aliphatic rings. The summed E-state index contributed by atoms with van der Waals surface area (Å²) >= 11 is 0. The van der Waals surface area contributed by atoms with Crippen LogP contribution < -0.4 is 9.47 Å². The van der Waals surface area contributed by atoms with Crippen molar-refractivity contribution in [1.29, 1.82) is 0 Å². The van der Waals surface area contributed by atoms with Crippen molar-refractivity contribution in [3.63, 3.8) is 0 Å². The molecule has 0 saturated carbocycles. The third-order valence-electron chi connectivity index (χ3n) is 6.42. The molecule has 0 aliphatic heterocycles. The smallest absolute Gasteiger partial charge is 0.463 e. The largest absolute Gasteiger partial charge is 0.513 e. The molecule has 0 heterocycles. The van der Waals surface area contributed by atoms with Crippen LogP contribution in [0.25, 0.3) is 0 Å². The van der Waals surface area contributed by atoms with Gasteiger partial charge in [0.25, 0.3) is 0 Å². The van der Waals surface area contributed by atoms with Crippen molar-refractivity contribution in [2.24, 2.45) is 0 Å². The fourth-order valence-corrected chi connectivity index (χ4v) is 3.87. The molecule has 3 rings (SSSR count). The first-order chi connectivity index (χ1) is 24.2. The van der Waals surface area contributed by atoms with Gasteiger partial charge in [0.2, 0.25) is 0 Å². The quantitative estimate of drug-likeness (QED) is 0.0588. The Labute approximate surface area is 287 Å². The van der Waals surface area contributed by atoms with E-state index < -0.39 is 42.3 Å². The number of carbonyl (C=O) groups excluding carboxylic acids is 6. The number of unbranched alkanes of at least 4 members (excludes halogenated alkanes) is 2. The molecule has 0 unspecified atom stereocenters. The molecular formula is C36H36O14. The van der Waals surface area contributed by atoms with Gasteiger partial charge in [0.1, 0.15) is 23.4 Å². The number of rotatable bonds is 18. The van der Waals surface area contributed by atoms with E-state index in [2.05, 4.69) is 13.2 Å². The zero-order valence-electron chi connectivity index (χ0n) is 27.1. The Kier molecular flexibility index (Phi) is 16.0. The lowest BCUT2D eigenvalue weighted by molar-refractivity contribution is -0.138. The highest BCUT2D eigenvalue weighted by molar-refractivity contribution is 5.91. The summed E-state index contributed by atoms with van der Waals surface area (Å²) in [6.07, 6.45) is 6.54. The van der Waals surface area contributed by atoms with Crippen LogP contribution in [0, 0.1) is 0 Å². The number of benzene rings is 2. The summed E-state index contributed by atoms with van der Waals surface area (Å²) < 4.78 is 40.6. The average Bonchev–Trinajstić information content (AvgIpc) is 3.12. The van der Waals surface area contributed by atoms with Crippen LogP contribution in [0.2, 0.25) is 0 Å². The molecule has 0 radical (unpaired) electrons. The Morgan fingerprint density at radius 3 is 1.46 bits per heavy atom. The third-order valence-corrected chi connectivity index (χ3v) is 6.42. The van der Waals surface area contributed by atoms with E-state index in [1.807, 2.05) is 0 Å². The van der Waals surface area contributed by atoms with Crippen molar-refractivity contribution in [2.45, 2.75) is 38.2 Å². The van der Waals surface area contributed by atoms with Crippen molar-refractivity contribution < 1.29 is 66.7 Å². The summed E-state index contributed by atoms with van der Waals surface area (Å²) in [6.45, 7) is 7.10. The number of hydrogen-bond donors (Lipinski definition) is 0. The van der Waals surface area contributed by atoms with Crippen LogP contribution in [0.15, 0.2) is 97.8 Å². The monoisotopic (exact) mass is 692 g/mol. The van der Waals surface area contributed by atoms with Gasteiger partial charge in [0.05, 0.1) is 37.6 Å². The molecule has 0 aromatic heterocycles. The lowest BCUT2D eigenvalue weighted by Crippen LogP contribution is -2.18. The Hall–Kier alpha value is -6.18. The van der Waals surface area contributed by atoms with Crippen LogP contribution >= 0.6 is 0 Å². The summed E-state index contributed by atoms with van der Waals surface area (Å²) in [5.74, 6) is -1.73. The lowest BCUT2D eigenvalue weighted by atomic mass is 10.1. The van der Waals surface area contributed by atoms with Crippen LogP contribution in [0.1, 0.15) is 52.8 Å². The first-order valence-electron chi connectivity index (χ1n) is 15.5. The van der Waals surface area contributed by atoms with Gasteiger partial charge in [-0.15, -0.1) is 0 Å². The van der Waals surface area contributed by atoms with Crippen molar-refractivity contribution in [1.82, 2.24) is 0 Å². The molecule has 2 aromatic carbocycles. The van der Waals surface area contributed by atoms with E-state index in [1.165, 1.54) is 54.6 Å². The van der Waals surface area contributed by atoms with E-state index >= 15 is 0 Å². The standard InChI is InChI=1S/C36H36O14/c1-3-31(37)43-21-5-7-23-45-35(41)49-29-13-9-25(10-14-29)33(39)47-27-17-19-28(20-18-27)48-34(40)26-11-15-30(16-12-26)50-36(42)46-24-8-6-22-44-32(38)4-2/h3-4,9-19,28H,1-2,5-8,20-24H2/t28-/m1/s1. The highest BCUT2D eigenvalue weighted by Crippen LogP contribution is 2.20. The molecule has 264 valence electrons. The number of carbonyl (C=O) groups is 6. The van der Waals surface area contributed by atoms with Crippen LogP contribution in [-0.2, 0) is 38.0 Å². The second kappa shape index (κ2) is 20.9. The third kappa shape index (κ3) is 14.3. The maximum Gasteiger partial charge on any atom is 0.513 e. The Morgan fingerprint density at radius 2 is 1.04 bits per heavy atom. The minimum atomic E-state index is -0.921. The van der Waals surface area contributed by atoms with Gasteiger partial charge in [0.15, 0.2) is 0 Å². The van der Waals surface area contributed by atoms with Crippen LogP contribution in [-0.4, -0.2) is 68.7 Å². The van der Waals surface area contributed by atoms with Gasteiger partial charge in [-0.1, -0.05) is 13.2 Å². The summed E-state index contributed by atoms with van der Waals surface area (Å²) in [5, 5.41) is 0. The first kappa shape index (κ1) is 38.3. The fourth-order valence-electron chi connectivity index (χ4n) is 3.87. The lowest BCUT2D eigenvalue weighted by Gasteiger charge is -2.17. The first-order valence-corrected chi connectivity index (χ1v) is 15.5. The molecule has 2 aromatic rings. The molecule has 0 amide bonds. The Balaban J connectivity index is 1.33. The molecule has 50 heavy (non-hydrogen) atoms. The molecule has 1 aliphatic carbocycles. The molecule has 0 N–H and O–H groups in total. The van der Waals surface area contributed by atoms with E-state index in [-0.39, 0.29) is 61.2 Å². The number of ether oxygens (including phenoxy) is 8. The van der Waals surface area contributed by atoms with Gasteiger partial charge in [-0.3, -0.25) is 0 Å². The maximum absolute atomic E-state index is 12.6. The van der Waals surface area contributed by atoms with E-state index in [9.17, 15) is 28.8 Å². The van der Waals surface area contributed by atoms with E-state index in [0.717, 1.165) is 12.2 Å². The molecule has 0 fully saturated rings. The van der Waals surface area contributed by atoms with Crippen molar-refractivity contribution in [3.8, 4) is 11.5 Å². The van der Waals surface area contributed by atoms with E-state index in [1.54, 1.807) is 12.2 Å². The highest BCUT2D eigenvalue weighted by Gasteiger charge is 2.19. The van der Waals surface area contributed by atoms with Crippen LogP contribution in [0.4, 0.5) is 9.59 Å². The molecule has 0 saturated heterocycles. The minimum absolute atomic E-state index is 0.0718. The molecule has 14 nitrogen and oxygen atoms in total. The van der Waals surface area contributed by atoms with Crippen LogP contribution in [0.5, 0.6) is 11.5 Å². The molecule has 14 heteroatoms. The number of esters is 4. The maximum atomic E-state index is 12.6. The van der Waals surface area contributed by atoms with E-state index in [4.69, 9.17) is 37.9 Å². The Morgan fingerprint density at radius 1 is 0.600 bits per heavy atom. The SMILES string of the molecule is C=CC(=O)OCCCCOC(=O)Oc1ccc(C(=O)OC2=CC[C@H](OC(=O)c3ccc(OC(=O)OCCCCOC(=O)C=C)cc3)C=C2)cc1. The minimum Gasteiger partial charge on any atom is -0.463 e. The fraction of sp³-hybridized carbons (Fsp3) is 0.278. The predicted molar refractivity (Wildman–Crippen MR) is 174 cm³/mol. The van der Waals surface area contributed by atoms with Gasteiger partial charge in [-0.25, -0.2) is 28.8 Å². The normalized spacial score (nSPS) is 13.0. The summed E-state index contributed by atoms with van der Waals surface area (Å²) in [7, 11) is 0. The molecule has 0 spiro atoms. The average molecular weight is 693 g/mol. The number of hydrogen-bond acceptors (Lipinski definition) is 14. The van der Waals surface area contributed by atoms with Crippen molar-refractivity contribution in [3.05, 3.63) is 109 Å². The Bertz CT molecular complexity index is 1570. The topological polar surface area (TPSA) is 176 Å². The predicted octanol–water partition coefficient (Wildman–Crippen LogP) is 5.96. The second-order valence-electron chi connectivity index (χ2n) is 10.1.